The lowest BCUT2D eigenvalue weighted by atomic mass is 9.96. The minimum atomic E-state index is 0.0635. The van der Waals surface area contributed by atoms with E-state index in [2.05, 4.69) is 22.3 Å². The molecule has 0 aliphatic carbocycles. The van der Waals surface area contributed by atoms with Crippen LogP contribution in [0, 0.1) is 5.92 Å². The molecule has 4 rings (SSSR count). The summed E-state index contributed by atoms with van der Waals surface area (Å²) < 4.78 is 6.57. The SMILES string of the molecule is O=C(NC1CCOCC1)[C@@H]1CCCN(c2nc3ccccc3s2)C1. The molecule has 6 heteroatoms. The molecule has 0 unspecified atom stereocenters. The quantitative estimate of drug-likeness (QED) is 0.929. The van der Waals surface area contributed by atoms with Crippen LogP contribution < -0.4 is 10.2 Å². The number of piperidine rings is 1. The fourth-order valence-electron chi connectivity index (χ4n) is 3.52. The van der Waals surface area contributed by atoms with Crippen molar-refractivity contribution < 1.29 is 9.53 Å². The van der Waals surface area contributed by atoms with Crippen molar-refractivity contribution in [1.29, 1.82) is 0 Å². The molecule has 1 atom stereocenters. The number of carbonyl (C=O) groups excluding carboxylic acids is 1. The number of aromatic nitrogens is 1. The van der Waals surface area contributed by atoms with E-state index in [1.54, 1.807) is 11.3 Å². The van der Waals surface area contributed by atoms with Gasteiger partial charge in [-0.25, -0.2) is 4.98 Å². The summed E-state index contributed by atoms with van der Waals surface area (Å²) in [5, 5.41) is 4.27. The van der Waals surface area contributed by atoms with Crippen LogP contribution in [0.2, 0.25) is 0 Å². The zero-order valence-electron chi connectivity index (χ0n) is 13.7. The van der Waals surface area contributed by atoms with Crippen molar-refractivity contribution >= 4 is 32.6 Å². The normalized spacial score (nSPS) is 22.7. The first-order valence-electron chi connectivity index (χ1n) is 8.78. The molecule has 5 nitrogen and oxygen atoms in total. The highest BCUT2D eigenvalue weighted by molar-refractivity contribution is 7.22. The number of ether oxygens (including phenoxy) is 1. The Morgan fingerprint density at radius 1 is 1.25 bits per heavy atom. The second-order valence-electron chi connectivity index (χ2n) is 6.64. The van der Waals surface area contributed by atoms with E-state index in [0.29, 0.717) is 0 Å². The number of anilines is 1. The van der Waals surface area contributed by atoms with Crippen LogP contribution in [0.15, 0.2) is 24.3 Å². The number of benzene rings is 1. The van der Waals surface area contributed by atoms with E-state index in [4.69, 9.17) is 9.72 Å². The topological polar surface area (TPSA) is 54.5 Å². The summed E-state index contributed by atoms with van der Waals surface area (Å²) in [5.41, 5.74) is 1.05. The molecule has 128 valence electrons. The Labute approximate surface area is 146 Å². The number of hydrogen-bond donors (Lipinski definition) is 1. The van der Waals surface area contributed by atoms with Gasteiger partial charge in [0.2, 0.25) is 5.91 Å². The van der Waals surface area contributed by atoms with Crippen LogP contribution in [0.3, 0.4) is 0 Å². The van der Waals surface area contributed by atoms with E-state index in [-0.39, 0.29) is 17.9 Å². The third-order valence-electron chi connectivity index (χ3n) is 4.91. The van der Waals surface area contributed by atoms with E-state index in [0.717, 1.165) is 62.6 Å². The lowest BCUT2D eigenvalue weighted by Gasteiger charge is -2.33. The number of hydrogen-bond acceptors (Lipinski definition) is 5. The first-order chi connectivity index (χ1) is 11.8. The van der Waals surface area contributed by atoms with Gasteiger partial charge < -0.3 is 15.0 Å². The van der Waals surface area contributed by atoms with Gasteiger partial charge in [0.15, 0.2) is 5.13 Å². The van der Waals surface area contributed by atoms with Crippen molar-refractivity contribution in [3.05, 3.63) is 24.3 Å². The molecular formula is C18H23N3O2S. The average Bonchev–Trinajstić information content (AvgIpc) is 3.07. The molecule has 2 aliphatic heterocycles. The van der Waals surface area contributed by atoms with Crippen molar-refractivity contribution in [3.63, 3.8) is 0 Å². The van der Waals surface area contributed by atoms with Gasteiger partial charge in [-0.05, 0) is 37.8 Å². The molecule has 3 heterocycles. The van der Waals surface area contributed by atoms with E-state index in [9.17, 15) is 4.79 Å². The number of amides is 1. The molecule has 1 aromatic carbocycles. The fraction of sp³-hybridized carbons (Fsp3) is 0.556. The molecule has 1 aromatic heterocycles. The van der Waals surface area contributed by atoms with Gasteiger partial charge in [-0.2, -0.15) is 0 Å². The zero-order valence-corrected chi connectivity index (χ0v) is 14.6. The summed E-state index contributed by atoms with van der Waals surface area (Å²) in [7, 11) is 0. The maximum absolute atomic E-state index is 12.6. The lowest BCUT2D eigenvalue weighted by Crippen LogP contribution is -2.47. The Kier molecular flexibility index (Phi) is 4.67. The zero-order chi connectivity index (χ0) is 16.4. The first-order valence-corrected chi connectivity index (χ1v) is 9.60. The smallest absolute Gasteiger partial charge is 0.225 e. The highest BCUT2D eigenvalue weighted by Crippen LogP contribution is 2.31. The summed E-state index contributed by atoms with van der Waals surface area (Å²) in [6, 6.07) is 8.50. The standard InChI is InChI=1S/C18H23N3O2S/c22-17(19-14-7-10-23-11-8-14)13-4-3-9-21(12-13)18-20-15-5-1-2-6-16(15)24-18/h1-2,5-6,13-14H,3-4,7-12H2,(H,19,22)/t13-/m1/s1. The Morgan fingerprint density at radius 2 is 2.08 bits per heavy atom. The minimum Gasteiger partial charge on any atom is -0.381 e. The molecule has 24 heavy (non-hydrogen) atoms. The van der Waals surface area contributed by atoms with Gasteiger partial charge in [-0.3, -0.25) is 4.79 Å². The van der Waals surface area contributed by atoms with Crippen molar-refractivity contribution in [1.82, 2.24) is 10.3 Å². The van der Waals surface area contributed by atoms with Crippen molar-refractivity contribution in [2.75, 3.05) is 31.2 Å². The van der Waals surface area contributed by atoms with Crippen LogP contribution in [-0.2, 0) is 9.53 Å². The number of nitrogens with one attached hydrogen (secondary N) is 1. The summed E-state index contributed by atoms with van der Waals surface area (Å²) in [4.78, 5) is 19.6. The van der Waals surface area contributed by atoms with Crippen molar-refractivity contribution in [3.8, 4) is 0 Å². The summed E-state index contributed by atoms with van der Waals surface area (Å²) in [6.07, 6.45) is 3.87. The summed E-state index contributed by atoms with van der Waals surface area (Å²) >= 11 is 1.72. The molecule has 2 fully saturated rings. The third-order valence-corrected chi connectivity index (χ3v) is 6.01. The fourth-order valence-corrected chi connectivity index (χ4v) is 4.52. The monoisotopic (exact) mass is 345 g/mol. The van der Waals surface area contributed by atoms with Gasteiger partial charge in [-0.15, -0.1) is 0 Å². The molecule has 0 radical (unpaired) electrons. The summed E-state index contributed by atoms with van der Waals surface area (Å²) in [5.74, 6) is 0.265. The lowest BCUT2D eigenvalue weighted by molar-refractivity contribution is -0.126. The largest absolute Gasteiger partial charge is 0.381 e. The van der Waals surface area contributed by atoms with Crippen LogP contribution in [0.25, 0.3) is 10.2 Å². The van der Waals surface area contributed by atoms with Gasteiger partial charge in [-0.1, -0.05) is 23.5 Å². The van der Waals surface area contributed by atoms with Gasteiger partial charge in [0.05, 0.1) is 16.1 Å². The predicted molar refractivity (Wildman–Crippen MR) is 96.5 cm³/mol. The number of carbonyl (C=O) groups is 1. The number of fused-ring (bicyclic) bond motifs is 1. The molecule has 2 aromatic rings. The van der Waals surface area contributed by atoms with Gasteiger partial charge in [0.25, 0.3) is 0 Å². The van der Waals surface area contributed by atoms with Crippen molar-refractivity contribution in [2.45, 2.75) is 31.7 Å². The van der Waals surface area contributed by atoms with Crippen LogP contribution >= 0.6 is 11.3 Å². The molecule has 2 saturated heterocycles. The number of rotatable bonds is 3. The Bertz CT molecular complexity index is 678. The molecule has 2 aliphatic rings. The van der Waals surface area contributed by atoms with E-state index >= 15 is 0 Å². The maximum atomic E-state index is 12.6. The van der Waals surface area contributed by atoms with E-state index < -0.39 is 0 Å². The third kappa shape index (κ3) is 3.39. The molecule has 1 N–H and O–H groups in total. The Hall–Kier alpha value is -1.66. The maximum Gasteiger partial charge on any atom is 0.225 e. The van der Waals surface area contributed by atoms with Gasteiger partial charge in [0.1, 0.15) is 0 Å². The summed E-state index contributed by atoms with van der Waals surface area (Å²) in [6.45, 7) is 3.27. The van der Waals surface area contributed by atoms with Crippen LogP contribution in [0.4, 0.5) is 5.13 Å². The highest BCUT2D eigenvalue weighted by Gasteiger charge is 2.29. The van der Waals surface area contributed by atoms with Crippen molar-refractivity contribution in [2.24, 2.45) is 5.92 Å². The minimum absolute atomic E-state index is 0.0635. The second kappa shape index (κ2) is 7.07. The molecule has 1 amide bonds. The van der Waals surface area contributed by atoms with Gasteiger partial charge >= 0.3 is 0 Å². The first kappa shape index (κ1) is 15.8. The molecule has 0 bridgehead atoms. The van der Waals surface area contributed by atoms with E-state index in [1.807, 2.05) is 12.1 Å². The van der Waals surface area contributed by atoms with Crippen LogP contribution in [0.1, 0.15) is 25.7 Å². The number of para-hydroxylation sites is 1. The highest BCUT2D eigenvalue weighted by atomic mass is 32.1. The van der Waals surface area contributed by atoms with Crippen LogP contribution in [0.5, 0.6) is 0 Å². The molecular weight excluding hydrogens is 322 g/mol. The van der Waals surface area contributed by atoms with Crippen LogP contribution in [-0.4, -0.2) is 43.2 Å². The average molecular weight is 345 g/mol. The van der Waals surface area contributed by atoms with E-state index in [1.165, 1.54) is 4.70 Å². The molecule has 0 spiro atoms. The second-order valence-corrected chi connectivity index (χ2v) is 7.65. The Balaban J connectivity index is 1.42. The van der Waals surface area contributed by atoms with Gasteiger partial charge in [0, 0.05) is 32.3 Å². The molecule has 0 saturated carbocycles. The predicted octanol–water partition coefficient (Wildman–Crippen LogP) is 2.81. The number of thiazole rings is 1. The Morgan fingerprint density at radius 3 is 2.92 bits per heavy atom. The number of nitrogens with zero attached hydrogens (tertiary/aromatic N) is 2.